The molecule has 4 rings (SSSR count). The van der Waals surface area contributed by atoms with E-state index in [2.05, 4.69) is 25.9 Å². The second-order valence-electron chi connectivity index (χ2n) is 7.94. The quantitative estimate of drug-likeness (QED) is 0.241. The number of carbonyl (C=O) groups is 1. The Morgan fingerprint density at radius 3 is 2.43 bits per heavy atom. The van der Waals surface area contributed by atoms with Crippen molar-refractivity contribution in [3.8, 4) is 5.82 Å². The first-order valence-corrected chi connectivity index (χ1v) is 11.8. The number of rotatable bonds is 9. The number of halogens is 5. The maximum absolute atomic E-state index is 13.0. The van der Waals surface area contributed by atoms with E-state index in [9.17, 15) is 18.0 Å². The van der Waals surface area contributed by atoms with Crippen LogP contribution in [0, 0.1) is 0 Å². The van der Waals surface area contributed by atoms with Crippen LogP contribution < -0.4 is 16.0 Å². The van der Waals surface area contributed by atoms with Crippen molar-refractivity contribution in [3.05, 3.63) is 99.8 Å². The van der Waals surface area contributed by atoms with Gasteiger partial charge in [0.25, 0.3) is 0 Å². The molecular formula is C25H21Cl2F3N6O. The highest BCUT2D eigenvalue weighted by atomic mass is 35.5. The van der Waals surface area contributed by atoms with Crippen LogP contribution in [0.4, 0.5) is 24.9 Å². The second kappa shape index (κ2) is 11.5. The smallest absolute Gasteiger partial charge is 0.361 e. The van der Waals surface area contributed by atoms with Gasteiger partial charge in [-0.25, -0.2) is 0 Å². The molecule has 0 saturated carbocycles. The molecule has 0 radical (unpaired) electrons. The molecule has 0 bridgehead atoms. The average molecular weight is 549 g/mol. The summed E-state index contributed by atoms with van der Waals surface area (Å²) >= 11 is 12.0. The van der Waals surface area contributed by atoms with Gasteiger partial charge < -0.3 is 20.5 Å². The van der Waals surface area contributed by atoms with Crippen molar-refractivity contribution in [2.45, 2.75) is 19.3 Å². The van der Waals surface area contributed by atoms with Gasteiger partial charge in [-0.1, -0.05) is 41.4 Å². The van der Waals surface area contributed by atoms with E-state index in [4.69, 9.17) is 23.2 Å². The number of amides is 1. The van der Waals surface area contributed by atoms with Gasteiger partial charge in [0.2, 0.25) is 11.9 Å². The largest absolute Gasteiger partial charge is 0.416 e. The van der Waals surface area contributed by atoms with E-state index in [1.54, 1.807) is 47.3 Å². The van der Waals surface area contributed by atoms with Gasteiger partial charge in [0.05, 0.1) is 12.1 Å². The highest BCUT2D eigenvalue weighted by molar-refractivity contribution is 6.35. The monoisotopic (exact) mass is 548 g/mol. The molecule has 2 aromatic heterocycles. The second-order valence-corrected chi connectivity index (χ2v) is 8.79. The van der Waals surface area contributed by atoms with Gasteiger partial charge in [-0.3, -0.25) is 4.79 Å². The average Bonchev–Trinajstić information content (AvgIpc) is 3.41. The third-order valence-electron chi connectivity index (χ3n) is 5.21. The van der Waals surface area contributed by atoms with Crippen molar-refractivity contribution >= 4 is 40.9 Å². The Morgan fingerprint density at radius 2 is 1.70 bits per heavy atom. The molecule has 37 heavy (non-hydrogen) atoms. The summed E-state index contributed by atoms with van der Waals surface area (Å²) in [6.07, 6.45) is -0.867. The zero-order valence-electron chi connectivity index (χ0n) is 19.2. The molecule has 2 aromatic carbocycles. The lowest BCUT2D eigenvalue weighted by atomic mass is 10.1. The molecule has 3 N–H and O–H groups in total. The molecule has 0 unspecified atom stereocenters. The first-order chi connectivity index (χ1) is 17.7. The Hall–Kier alpha value is -3.76. The van der Waals surface area contributed by atoms with Crippen LogP contribution in [0.25, 0.3) is 5.82 Å². The number of hydrogen-bond acceptors (Lipinski definition) is 5. The summed E-state index contributed by atoms with van der Waals surface area (Å²) in [5.41, 5.74) is 0.402. The third kappa shape index (κ3) is 7.37. The number of alkyl halides is 3. The molecule has 2 heterocycles. The van der Waals surface area contributed by atoms with E-state index in [0.29, 0.717) is 27.2 Å². The first kappa shape index (κ1) is 26.3. The molecule has 0 aliphatic carbocycles. The fourth-order valence-electron chi connectivity index (χ4n) is 3.35. The number of nitrogens with one attached hydrogen (secondary N) is 3. The Labute approximate surface area is 220 Å². The standard InChI is InChI=1S/C25H21Cl2F3N6O/c26-19-7-6-17(20(27)11-19)14-32-23(37)15-31-21-12-22(36-8-1-2-9-36)35-24(34-21)33-13-16-4-3-5-18(10-16)25(28,29)30/h1-12H,13-15H2,(H,32,37)(H2,31,33,34,35). The van der Waals surface area contributed by atoms with Gasteiger partial charge in [-0.15, -0.1) is 0 Å². The molecule has 0 saturated heterocycles. The van der Waals surface area contributed by atoms with Crippen molar-refractivity contribution in [1.82, 2.24) is 19.9 Å². The predicted molar refractivity (Wildman–Crippen MR) is 137 cm³/mol. The van der Waals surface area contributed by atoms with E-state index in [0.717, 1.165) is 17.7 Å². The van der Waals surface area contributed by atoms with Gasteiger partial charge in [0, 0.05) is 41.6 Å². The molecule has 4 aromatic rings. The minimum atomic E-state index is -4.43. The molecule has 0 aliphatic rings. The van der Waals surface area contributed by atoms with Crippen LogP contribution in [0.3, 0.4) is 0 Å². The van der Waals surface area contributed by atoms with E-state index in [1.165, 1.54) is 6.07 Å². The van der Waals surface area contributed by atoms with Crippen LogP contribution in [0.15, 0.2) is 73.1 Å². The summed E-state index contributed by atoms with van der Waals surface area (Å²) in [7, 11) is 0. The highest BCUT2D eigenvalue weighted by Gasteiger charge is 2.30. The Kier molecular flexibility index (Phi) is 8.20. The third-order valence-corrected chi connectivity index (χ3v) is 5.79. The van der Waals surface area contributed by atoms with Gasteiger partial charge in [-0.2, -0.15) is 23.1 Å². The van der Waals surface area contributed by atoms with Crippen molar-refractivity contribution in [2.24, 2.45) is 0 Å². The Bertz CT molecular complexity index is 1380. The summed E-state index contributed by atoms with van der Waals surface area (Å²) in [5, 5.41) is 9.63. The first-order valence-electron chi connectivity index (χ1n) is 11.0. The van der Waals surface area contributed by atoms with Gasteiger partial charge >= 0.3 is 6.18 Å². The van der Waals surface area contributed by atoms with Crippen LogP contribution >= 0.6 is 23.2 Å². The zero-order chi connectivity index (χ0) is 26.4. The van der Waals surface area contributed by atoms with Crippen molar-refractivity contribution in [2.75, 3.05) is 17.2 Å². The van der Waals surface area contributed by atoms with Crippen LogP contribution in [-0.2, 0) is 24.1 Å². The lowest BCUT2D eigenvalue weighted by Gasteiger charge is -2.13. The minimum Gasteiger partial charge on any atom is -0.361 e. The van der Waals surface area contributed by atoms with Gasteiger partial charge in [0.1, 0.15) is 11.6 Å². The molecule has 12 heteroatoms. The van der Waals surface area contributed by atoms with E-state index >= 15 is 0 Å². The lowest BCUT2D eigenvalue weighted by molar-refractivity contribution is -0.137. The summed E-state index contributed by atoms with van der Waals surface area (Å²) < 4.78 is 40.8. The lowest BCUT2D eigenvalue weighted by Crippen LogP contribution is -2.29. The number of nitrogens with zero attached hydrogens (tertiary/aromatic N) is 3. The van der Waals surface area contributed by atoms with Crippen molar-refractivity contribution < 1.29 is 18.0 Å². The highest BCUT2D eigenvalue weighted by Crippen LogP contribution is 2.29. The Morgan fingerprint density at radius 1 is 0.919 bits per heavy atom. The number of carbonyl (C=O) groups excluding carboxylic acids is 1. The van der Waals surface area contributed by atoms with Crippen LogP contribution in [0.2, 0.25) is 10.0 Å². The molecule has 0 spiro atoms. The SMILES string of the molecule is O=C(CNc1cc(-n2cccc2)nc(NCc2cccc(C(F)(F)F)c2)n1)NCc1ccc(Cl)cc1Cl. The minimum absolute atomic E-state index is 0.0703. The molecule has 0 aliphatic heterocycles. The van der Waals surface area contributed by atoms with Gasteiger partial charge in [0.15, 0.2) is 0 Å². The van der Waals surface area contributed by atoms with Crippen molar-refractivity contribution in [1.29, 1.82) is 0 Å². The molecule has 7 nitrogen and oxygen atoms in total. The summed E-state index contributed by atoms with van der Waals surface area (Å²) in [6.45, 7) is 0.208. The topological polar surface area (TPSA) is 83.9 Å². The molecular weight excluding hydrogens is 528 g/mol. The van der Waals surface area contributed by atoms with E-state index in [1.807, 2.05) is 12.1 Å². The number of hydrogen-bond donors (Lipinski definition) is 3. The molecule has 0 atom stereocenters. The van der Waals surface area contributed by atoms with E-state index < -0.39 is 11.7 Å². The summed E-state index contributed by atoms with van der Waals surface area (Å²) in [6, 6.07) is 15.3. The van der Waals surface area contributed by atoms with Gasteiger partial charge in [-0.05, 0) is 47.5 Å². The molecule has 192 valence electrons. The fourth-order valence-corrected chi connectivity index (χ4v) is 3.83. The number of aromatic nitrogens is 3. The van der Waals surface area contributed by atoms with Crippen LogP contribution in [0.5, 0.6) is 0 Å². The molecule has 0 fully saturated rings. The Balaban J connectivity index is 1.43. The number of anilines is 2. The van der Waals surface area contributed by atoms with E-state index in [-0.39, 0.29) is 31.5 Å². The maximum Gasteiger partial charge on any atom is 0.416 e. The normalized spacial score (nSPS) is 11.3. The fraction of sp³-hybridized carbons (Fsp3) is 0.160. The van der Waals surface area contributed by atoms with Crippen LogP contribution in [-0.4, -0.2) is 27.0 Å². The summed E-state index contributed by atoms with van der Waals surface area (Å²) in [4.78, 5) is 21.2. The molecule has 1 amide bonds. The maximum atomic E-state index is 13.0. The summed E-state index contributed by atoms with van der Waals surface area (Å²) in [5.74, 6) is 0.734. The van der Waals surface area contributed by atoms with Crippen LogP contribution in [0.1, 0.15) is 16.7 Å². The van der Waals surface area contributed by atoms with Crippen molar-refractivity contribution in [3.63, 3.8) is 0 Å². The predicted octanol–water partition coefficient (Wildman–Crippen LogP) is 5.93. The number of benzene rings is 2. The zero-order valence-corrected chi connectivity index (χ0v) is 20.7.